The molecule has 0 aromatic heterocycles. The van der Waals surface area contributed by atoms with E-state index in [4.69, 9.17) is 0 Å². The minimum absolute atomic E-state index is 0.0902. The van der Waals surface area contributed by atoms with Gasteiger partial charge < -0.3 is 15.5 Å². The van der Waals surface area contributed by atoms with Crippen molar-refractivity contribution >= 4 is 11.6 Å². The van der Waals surface area contributed by atoms with Crippen molar-refractivity contribution in [2.45, 2.75) is 19.4 Å². The van der Waals surface area contributed by atoms with Crippen molar-refractivity contribution in [2.75, 3.05) is 31.5 Å². The molecule has 1 aliphatic heterocycles. The van der Waals surface area contributed by atoms with Crippen LogP contribution >= 0.6 is 0 Å². The minimum Gasteiger partial charge on any atom is -0.326 e. The number of benzene rings is 1. The van der Waals surface area contributed by atoms with Crippen LogP contribution < -0.4 is 10.6 Å². The van der Waals surface area contributed by atoms with Gasteiger partial charge in [-0.25, -0.2) is 0 Å². The molecule has 2 rings (SSSR count). The monoisotopic (exact) mass is 247 g/mol. The van der Waals surface area contributed by atoms with Crippen molar-refractivity contribution in [1.82, 2.24) is 10.2 Å². The quantitative estimate of drug-likeness (QED) is 0.843. The Bertz CT molecular complexity index is 380. The van der Waals surface area contributed by atoms with Crippen molar-refractivity contribution in [3.05, 3.63) is 30.3 Å². The molecule has 1 atom stereocenters. The number of para-hydroxylation sites is 1. The van der Waals surface area contributed by atoms with Gasteiger partial charge in [0.25, 0.3) is 0 Å². The van der Waals surface area contributed by atoms with E-state index >= 15 is 0 Å². The first-order valence-electron chi connectivity index (χ1n) is 6.54. The zero-order valence-electron chi connectivity index (χ0n) is 10.9. The fourth-order valence-electron chi connectivity index (χ4n) is 2.22. The van der Waals surface area contributed by atoms with Crippen LogP contribution in [0.1, 0.15) is 13.3 Å². The van der Waals surface area contributed by atoms with Crippen molar-refractivity contribution in [3.63, 3.8) is 0 Å². The van der Waals surface area contributed by atoms with Gasteiger partial charge in [-0.05, 0) is 19.1 Å². The predicted octanol–water partition coefficient (Wildman–Crippen LogP) is 1.31. The second-order valence-corrected chi connectivity index (χ2v) is 4.82. The average molecular weight is 247 g/mol. The second kappa shape index (κ2) is 6.52. The largest absolute Gasteiger partial charge is 0.326 e. The van der Waals surface area contributed by atoms with Crippen molar-refractivity contribution in [1.29, 1.82) is 0 Å². The van der Waals surface area contributed by atoms with E-state index in [1.54, 1.807) is 0 Å². The molecule has 98 valence electrons. The summed E-state index contributed by atoms with van der Waals surface area (Å²) in [5, 5.41) is 6.31. The van der Waals surface area contributed by atoms with Crippen LogP contribution in [0, 0.1) is 0 Å². The first-order chi connectivity index (χ1) is 8.74. The Morgan fingerprint density at radius 2 is 2.22 bits per heavy atom. The third kappa shape index (κ3) is 4.13. The van der Waals surface area contributed by atoms with Gasteiger partial charge in [-0.15, -0.1) is 0 Å². The van der Waals surface area contributed by atoms with Crippen LogP contribution in [-0.4, -0.2) is 43.0 Å². The van der Waals surface area contributed by atoms with E-state index in [0.717, 1.165) is 31.9 Å². The maximum atomic E-state index is 11.8. The average Bonchev–Trinajstić information content (AvgIpc) is 2.38. The number of carbonyl (C=O) groups excluding carboxylic acids is 1. The van der Waals surface area contributed by atoms with Crippen molar-refractivity contribution in [2.24, 2.45) is 0 Å². The highest BCUT2D eigenvalue weighted by Crippen LogP contribution is 2.06. The molecule has 0 radical (unpaired) electrons. The van der Waals surface area contributed by atoms with Gasteiger partial charge >= 0.3 is 0 Å². The van der Waals surface area contributed by atoms with Crippen LogP contribution in [0.5, 0.6) is 0 Å². The third-order valence-electron chi connectivity index (χ3n) is 3.17. The van der Waals surface area contributed by atoms with E-state index < -0.39 is 0 Å². The molecule has 0 saturated carbocycles. The van der Waals surface area contributed by atoms with Gasteiger partial charge in [-0.3, -0.25) is 4.79 Å². The van der Waals surface area contributed by atoms with Crippen LogP contribution in [0.15, 0.2) is 30.3 Å². The summed E-state index contributed by atoms with van der Waals surface area (Å²) in [5.74, 6) is 0.0902. The number of hydrogen-bond acceptors (Lipinski definition) is 3. The summed E-state index contributed by atoms with van der Waals surface area (Å²) < 4.78 is 0. The maximum absolute atomic E-state index is 11.8. The summed E-state index contributed by atoms with van der Waals surface area (Å²) in [6.45, 7) is 6.09. The molecule has 4 heteroatoms. The third-order valence-corrected chi connectivity index (χ3v) is 3.17. The number of nitrogens with zero attached hydrogens (tertiary/aromatic N) is 1. The number of anilines is 1. The molecular weight excluding hydrogens is 226 g/mol. The van der Waals surface area contributed by atoms with E-state index in [2.05, 4.69) is 22.5 Å². The zero-order chi connectivity index (χ0) is 12.8. The lowest BCUT2D eigenvalue weighted by molar-refractivity contribution is -0.116. The van der Waals surface area contributed by atoms with E-state index in [9.17, 15) is 4.79 Å². The minimum atomic E-state index is 0.0902. The van der Waals surface area contributed by atoms with Gasteiger partial charge in [-0.2, -0.15) is 0 Å². The lowest BCUT2D eigenvalue weighted by Crippen LogP contribution is -2.49. The fourth-order valence-corrected chi connectivity index (χ4v) is 2.22. The van der Waals surface area contributed by atoms with Gasteiger partial charge in [-0.1, -0.05) is 18.2 Å². The van der Waals surface area contributed by atoms with Crippen LogP contribution in [0.25, 0.3) is 0 Å². The molecule has 18 heavy (non-hydrogen) atoms. The molecule has 4 nitrogen and oxygen atoms in total. The first-order valence-corrected chi connectivity index (χ1v) is 6.54. The normalized spacial score (nSPS) is 20.6. The topological polar surface area (TPSA) is 44.4 Å². The Morgan fingerprint density at radius 1 is 1.44 bits per heavy atom. The Kier molecular flexibility index (Phi) is 4.73. The molecule has 0 bridgehead atoms. The molecule has 1 aromatic carbocycles. The zero-order valence-corrected chi connectivity index (χ0v) is 10.9. The molecule has 1 aromatic rings. The highest BCUT2D eigenvalue weighted by Gasteiger charge is 2.15. The lowest BCUT2D eigenvalue weighted by Gasteiger charge is -2.31. The van der Waals surface area contributed by atoms with E-state index in [-0.39, 0.29) is 5.91 Å². The predicted molar refractivity (Wildman–Crippen MR) is 73.6 cm³/mol. The molecule has 1 heterocycles. The van der Waals surface area contributed by atoms with Crippen LogP contribution in [0.2, 0.25) is 0 Å². The Morgan fingerprint density at radius 3 is 2.94 bits per heavy atom. The SMILES string of the molecule is C[C@H]1CN(CCC(=O)Nc2ccccc2)CCN1. The summed E-state index contributed by atoms with van der Waals surface area (Å²) in [6, 6.07) is 10.1. The molecule has 0 unspecified atom stereocenters. The maximum Gasteiger partial charge on any atom is 0.225 e. The van der Waals surface area contributed by atoms with E-state index in [0.29, 0.717) is 12.5 Å². The van der Waals surface area contributed by atoms with Crippen LogP contribution in [0.4, 0.5) is 5.69 Å². The highest BCUT2D eigenvalue weighted by atomic mass is 16.1. The summed E-state index contributed by atoms with van der Waals surface area (Å²) in [6.07, 6.45) is 0.557. The molecule has 1 fully saturated rings. The summed E-state index contributed by atoms with van der Waals surface area (Å²) >= 11 is 0. The Balaban J connectivity index is 1.71. The molecular formula is C14H21N3O. The number of carbonyl (C=O) groups is 1. The van der Waals surface area contributed by atoms with Gasteiger partial charge in [0.2, 0.25) is 5.91 Å². The Hall–Kier alpha value is -1.39. The smallest absolute Gasteiger partial charge is 0.225 e. The molecule has 1 amide bonds. The summed E-state index contributed by atoms with van der Waals surface area (Å²) in [4.78, 5) is 14.1. The standard InChI is InChI=1S/C14H21N3O/c1-12-11-17(10-8-15-12)9-7-14(18)16-13-5-3-2-4-6-13/h2-6,12,15H,7-11H2,1H3,(H,16,18)/t12-/m0/s1. The number of rotatable bonds is 4. The molecule has 0 aliphatic carbocycles. The van der Waals surface area contributed by atoms with Gasteiger partial charge in [0, 0.05) is 44.3 Å². The van der Waals surface area contributed by atoms with E-state index in [1.807, 2.05) is 30.3 Å². The van der Waals surface area contributed by atoms with Crippen molar-refractivity contribution in [3.8, 4) is 0 Å². The van der Waals surface area contributed by atoms with Crippen LogP contribution in [-0.2, 0) is 4.79 Å². The summed E-state index contributed by atoms with van der Waals surface area (Å²) in [7, 11) is 0. The van der Waals surface area contributed by atoms with Crippen LogP contribution in [0.3, 0.4) is 0 Å². The number of nitrogens with one attached hydrogen (secondary N) is 2. The lowest BCUT2D eigenvalue weighted by atomic mass is 10.2. The number of hydrogen-bond donors (Lipinski definition) is 2. The summed E-state index contributed by atoms with van der Waals surface area (Å²) in [5.41, 5.74) is 0.871. The molecule has 2 N–H and O–H groups in total. The van der Waals surface area contributed by atoms with Gasteiger partial charge in [0.05, 0.1) is 0 Å². The molecule has 0 spiro atoms. The van der Waals surface area contributed by atoms with Crippen molar-refractivity contribution < 1.29 is 4.79 Å². The highest BCUT2D eigenvalue weighted by molar-refractivity contribution is 5.90. The molecule has 1 aliphatic rings. The first kappa shape index (κ1) is 13.1. The number of amides is 1. The van der Waals surface area contributed by atoms with E-state index in [1.165, 1.54) is 0 Å². The molecule has 1 saturated heterocycles. The second-order valence-electron chi connectivity index (χ2n) is 4.82. The number of piperazine rings is 1. The van der Waals surface area contributed by atoms with Gasteiger partial charge in [0.1, 0.15) is 0 Å². The Labute approximate surface area is 108 Å². The fraction of sp³-hybridized carbons (Fsp3) is 0.500. The van der Waals surface area contributed by atoms with Gasteiger partial charge in [0.15, 0.2) is 0 Å².